The molecule has 0 aliphatic rings. The van der Waals surface area contributed by atoms with E-state index < -0.39 is 11.0 Å². The summed E-state index contributed by atoms with van der Waals surface area (Å²) in [5.41, 5.74) is 2.20. The average Bonchev–Trinajstić information content (AvgIpc) is 3.08. The smallest absolute Gasteiger partial charge is 0.225 e. The second-order valence-electron chi connectivity index (χ2n) is 6.12. The van der Waals surface area contributed by atoms with Crippen LogP contribution in [0.1, 0.15) is 19.0 Å². The van der Waals surface area contributed by atoms with Crippen LogP contribution in [-0.4, -0.2) is 27.3 Å². The molecule has 3 N–H and O–H groups in total. The van der Waals surface area contributed by atoms with Crippen LogP contribution in [0.2, 0.25) is 0 Å². The van der Waals surface area contributed by atoms with E-state index in [4.69, 9.17) is 4.74 Å². The largest absolute Gasteiger partial charge is 0.508 e. The molecular formula is C20H21N3O4S2. The van der Waals surface area contributed by atoms with E-state index in [1.54, 1.807) is 31.2 Å². The third-order valence-electron chi connectivity index (χ3n) is 4.07. The minimum atomic E-state index is -1.59. The standard InChI is InChI=1S/C20H21N3O4S2/c1-4-18(25)22-20-21-12(2)19(28-20)13-5-10-16(27-3)17(11-13)29(26)23-14-6-8-15(24)9-7-14/h5-11,23-24H,4H2,1-3H3,(H,21,22,25). The third kappa shape index (κ3) is 4.93. The average molecular weight is 432 g/mol. The van der Waals surface area contributed by atoms with Crippen molar-refractivity contribution < 1.29 is 18.8 Å². The molecule has 29 heavy (non-hydrogen) atoms. The first-order valence-electron chi connectivity index (χ1n) is 8.84. The summed E-state index contributed by atoms with van der Waals surface area (Å²) in [7, 11) is -0.0686. The van der Waals surface area contributed by atoms with Gasteiger partial charge in [0, 0.05) is 12.1 Å². The van der Waals surface area contributed by atoms with Gasteiger partial charge in [-0.3, -0.25) is 4.79 Å². The molecule has 2 aromatic carbocycles. The molecule has 3 aromatic rings. The van der Waals surface area contributed by atoms with Crippen molar-refractivity contribution in [3.63, 3.8) is 0 Å². The number of hydrogen-bond acceptors (Lipinski definition) is 6. The molecule has 0 saturated carbocycles. The zero-order chi connectivity index (χ0) is 21.0. The molecule has 1 aromatic heterocycles. The highest BCUT2D eigenvalue weighted by Crippen LogP contribution is 2.36. The van der Waals surface area contributed by atoms with Crippen LogP contribution in [0.15, 0.2) is 47.4 Å². The number of hydrogen-bond donors (Lipinski definition) is 3. The summed E-state index contributed by atoms with van der Waals surface area (Å²) in [5.74, 6) is 0.521. The monoisotopic (exact) mass is 431 g/mol. The van der Waals surface area contributed by atoms with Gasteiger partial charge in [-0.2, -0.15) is 0 Å². The van der Waals surface area contributed by atoms with Crippen molar-refractivity contribution in [1.82, 2.24) is 4.98 Å². The number of ether oxygens (including phenoxy) is 1. The molecular weight excluding hydrogens is 410 g/mol. The number of benzene rings is 2. The van der Waals surface area contributed by atoms with Crippen LogP contribution in [0.3, 0.4) is 0 Å². The topological polar surface area (TPSA) is 101 Å². The van der Waals surface area contributed by atoms with E-state index in [0.29, 0.717) is 27.9 Å². The van der Waals surface area contributed by atoms with E-state index in [9.17, 15) is 14.1 Å². The van der Waals surface area contributed by atoms with Crippen LogP contribution in [0.25, 0.3) is 10.4 Å². The fourth-order valence-corrected chi connectivity index (χ4v) is 4.59. The lowest BCUT2D eigenvalue weighted by Crippen LogP contribution is -2.08. The zero-order valence-electron chi connectivity index (χ0n) is 16.2. The normalized spacial score (nSPS) is 11.7. The summed E-state index contributed by atoms with van der Waals surface area (Å²) < 4.78 is 21.2. The predicted octanol–water partition coefficient (Wildman–Crippen LogP) is 4.32. The van der Waals surface area contributed by atoms with E-state index in [1.165, 1.54) is 30.6 Å². The first-order chi connectivity index (χ1) is 13.9. The van der Waals surface area contributed by atoms with Gasteiger partial charge in [0.2, 0.25) is 5.91 Å². The van der Waals surface area contributed by atoms with Crippen molar-refractivity contribution in [2.75, 3.05) is 17.1 Å². The molecule has 0 spiro atoms. The fourth-order valence-electron chi connectivity index (χ4n) is 2.58. The number of amides is 1. The number of carbonyl (C=O) groups is 1. The van der Waals surface area contributed by atoms with Crippen molar-refractivity contribution in [2.24, 2.45) is 0 Å². The quantitative estimate of drug-likeness (QED) is 0.484. The van der Waals surface area contributed by atoms with Crippen molar-refractivity contribution in [3.8, 4) is 21.9 Å². The molecule has 3 rings (SSSR count). The Morgan fingerprint density at radius 1 is 1.24 bits per heavy atom. The van der Waals surface area contributed by atoms with E-state index in [-0.39, 0.29) is 11.7 Å². The zero-order valence-corrected chi connectivity index (χ0v) is 17.8. The number of aryl methyl sites for hydroxylation is 1. The van der Waals surface area contributed by atoms with Crippen LogP contribution in [0, 0.1) is 6.92 Å². The number of nitrogens with zero attached hydrogens (tertiary/aromatic N) is 1. The molecule has 1 atom stereocenters. The lowest BCUT2D eigenvalue weighted by molar-refractivity contribution is -0.115. The van der Waals surface area contributed by atoms with E-state index in [0.717, 1.165) is 16.1 Å². The van der Waals surface area contributed by atoms with Crippen LogP contribution in [0.4, 0.5) is 10.8 Å². The molecule has 0 bridgehead atoms. The number of phenols is 1. The second-order valence-corrected chi connectivity index (χ2v) is 8.30. The minimum Gasteiger partial charge on any atom is -0.508 e. The SMILES string of the molecule is CCC(=O)Nc1nc(C)c(-c2ccc(OC)c(S(=O)Nc3ccc(O)cc3)c2)s1. The van der Waals surface area contributed by atoms with Gasteiger partial charge >= 0.3 is 0 Å². The van der Waals surface area contributed by atoms with Gasteiger partial charge in [-0.1, -0.05) is 18.3 Å². The molecule has 0 radical (unpaired) electrons. The molecule has 1 amide bonds. The van der Waals surface area contributed by atoms with Gasteiger partial charge in [0.25, 0.3) is 0 Å². The predicted molar refractivity (Wildman–Crippen MR) is 116 cm³/mol. The van der Waals surface area contributed by atoms with Gasteiger partial charge in [0.15, 0.2) is 16.1 Å². The van der Waals surface area contributed by atoms with Crippen LogP contribution in [0.5, 0.6) is 11.5 Å². The maximum absolute atomic E-state index is 12.9. The molecule has 1 heterocycles. The number of aromatic hydroxyl groups is 1. The number of methoxy groups -OCH3 is 1. The third-order valence-corrected chi connectivity index (χ3v) is 6.33. The number of thiazole rings is 1. The minimum absolute atomic E-state index is 0.0973. The van der Waals surface area contributed by atoms with Crippen LogP contribution >= 0.6 is 11.3 Å². The summed E-state index contributed by atoms with van der Waals surface area (Å²) in [6.07, 6.45) is 0.378. The number of nitrogens with one attached hydrogen (secondary N) is 2. The van der Waals surface area contributed by atoms with Gasteiger partial charge < -0.3 is 19.9 Å². The summed E-state index contributed by atoms with van der Waals surface area (Å²) in [6.45, 7) is 3.64. The first-order valence-corrected chi connectivity index (χ1v) is 10.8. The highest BCUT2D eigenvalue weighted by Gasteiger charge is 2.17. The van der Waals surface area contributed by atoms with Crippen molar-refractivity contribution in [3.05, 3.63) is 48.2 Å². The van der Waals surface area contributed by atoms with Crippen LogP contribution in [-0.2, 0) is 15.8 Å². The summed E-state index contributed by atoms with van der Waals surface area (Å²) >= 11 is 1.36. The second kappa shape index (κ2) is 9.06. The Labute approximate surface area is 175 Å². The molecule has 1 unspecified atom stereocenters. The highest BCUT2D eigenvalue weighted by molar-refractivity contribution is 7.86. The maximum atomic E-state index is 12.9. The van der Waals surface area contributed by atoms with E-state index >= 15 is 0 Å². The van der Waals surface area contributed by atoms with Gasteiger partial charge in [0.1, 0.15) is 16.4 Å². The first kappa shape index (κ1) is 20.8. The lowest BCUT2D eigenvalue weighted by Gasteiger charge is -2.12. The molecule has 0 fully saturated rings. The van der Waals surface area contributed by atoms with Gasteiger partial charge in [-0.25, -0.2) is 9.19 Å². The maximum Gasteiger partial charge on any atom is 0.225 e. The molecule has 9 heteroatoms. The van der Waals surface area contributed by atoms with Crippen LogP contribution < -0.4 is 14.8 Å². The Kier molecular flexibility index (Phi) is 6.50. The van der Waals surface area contributed by atoms with Gasteiger partial charge in [0.05, 0.1) is 17.7 Å². The van der Waals surface area contributed by atoms with Crippen molar-refractivity contribution in [1.29, 1.82) is 0 Å². The Hall–Kier alpha value is -2.91. The number of phenolic OH excluding ortho intramolecular Hbond substituents is 1. The number of carbonyl (C=O) groups excluding carboxylic acids is 1. The fraction of sp³-hybridized carbons (Fsp3) is 0.200. The Morgan fingerprint density at radius 3 is 2.62 bits per heavy atom. The molecule has 0 saturated heterocycles. The molecule has 0 aliphatic carbocycles. The molecule has 0 aliphatic heterocycles. The highest BCUT2D eigenvalue weighted by atomic mass is 32.2. The summed E-state index contributed by atoms with van der Waals surface area (Å²) in [5, 5.41) is 12.7. The number of aromatic nitrogens is 1. The Balaban J connectivity index is 1.91. The van der Waals surface area contributed by atoms with Gasteiger partial charge in [-0.15, -0.1) is 0 Å². The Morgan fingerprint density at radius 2 is 1.97 bits per heavy atom. The Bertz CT molecular complexity index is 1050. The number of anilines is 2. The van der Waals surface area contributed by atoms with E-state index in [1.807, 2.05) is 13.0 Å². The lowest BCUT2D eigenvalue weighted by atomic mass is 10.1. The summed E-state index contributed by atoms with van der Waals surface area (Å²) in [6, 6.07) is 11.7. The van der Waals surface area contributed by atoms with Gasteiger partial charge in [-0.05, 0) is 55.0 Å². The number of rotatable bonds is 7. The summed E-state index contributed by atoms with van der Waals surface area (Å²) in [4.78, 5) is 17.4. The van der Waals surface area contributed by atoms with E-state index in [2.05, 4.69) is 15.0 Å². The molecule has 152 valence electrons. The van der Waals surface area contributed by atoms with Crippen molar-refractivity contribution in [2.45, 2.75) is 25.2 Å². The molecule has 7 nitrogen and oxygen atoms in total. The van der Waals surface area contributed by atoms with Crippen molar-refractivity contribution >= 4 is 39.0 Å².